The first-order valence-corrected chi connectivity index (χ1v) is 5.30. The zero-order valence-electron chi connectivity index (χ0n) is 8.48. The summed E-state index contributed by atoms with van der Waals surface area (Å²) in [6.07, 6.45) is 0.132. The van der Waals surface area contributed by atoms with E-state index in [4.69, 9.17) is 5.73 Å². The molecule has 2 rings (SSSR count). The van der Waals surface area contributed by atoms with E-state index < -0.39 is 5.91 Å². The molecule has 0 aliphatic carbocycles. The van der Waals surface area contributed by atoms with Crippen LogP contribution in [0.3, 0.4) is 0 Å². The molecule has 0 aliphatic heterocycles. The lowest BCUT2D eigenvalue weighted by Gasteiger charge is -1.97. The van der Waals surface area contributed by atoms with Crippen LogP contribution in [0.2, 0.25) is 0 Å². The molecule has 6 heteroatoms. The van der Waals surface area contributed by atoms with Gasteiger partial charge in [-0.15, -0.1) is 11.3 Å². The Morgan fingerprint density at radius 3 is 2.73 bits per heavy atom. The first-order chi connectivity index (χ1) is 7.02. The van der Waals surface area contributed by atoms with Gasteiger partial charge >= 0.3 is 0 Å². The number of hydrogen-bond acceptors (Lipinski definition) is 3. The van der Waals surface area contributed by atoms with Crippen molar-refractivity contribution in [3.05, 3.63) is 20.6 Å². The van der Waals surface area contributed by atoms with Crippen molar-refractivity contribution in [3.63, 3.8) is 0 Å². The number of aromatic nitrogens is 2. The second kappa shape index (κ2) is 3.23. The van der Waals surface area contributed by atoms with E-state index in [0.717, 1.165) is 10.4 Å². The number of aryl methyl sites for hydroxylation is 1. The molecular weight excluding hydrogens is 214 g/mol. The van der Waals surface area contributed by atoms with Gasteiger partial charge in [0.2, 0.25) is 5.91 Å². The Morgan fingerprint density at radius 2 is 2.13 bits per heavy atom. The molecule has 0 fully saturated rings. The molecule has 0 radical (unpaired) electrons. The fourth-order valence-corrected chi connectivity index (χ4v) is 2.66. The van der Waals surface area contributed by atoms with E-state index in [1.165, 1.54) is 16.0 Å². The van der Waals surface area contributed by atoms with Crippen molar-refractivity contribution in [2.75, 3.05) is 0 Å². The molecular formula is C9H11N3O2S. The maximum absolute atomic E-state index is 11.8. The molecule has 0 unspecified atom stereocenters. The third kappa shape index (κ3) is 1.37. The van der Waals surface area contributed by atoms with Gasteiger partial charge in [0, 0.05) is 24.4 Å². The first-order valence-electron chi connectivity index (χ1n) is 4.42. The second-order valence-corrected chi connectivity index (χ2v) is 4.38. The molecule has 2 aromatic rings. The van der Waals surface area contributed by atoms with E-state index in [-0.39, 0.29) is 12.0 Å². The summed E-state index contributed by atoms with van der Waals surface area (Å²) in [7, 11) is 3.51. The van der Waals surface area contributed by atoms with Crippen molar-refractivity contribution in [3.8, 4) is 0 Å². The summed E-state index contributed by atoms with van der Waals surface area (Å²) in [6.45, 7) is 0. The largest absolute Gasteiger partial charge is 0.369 e. The van der Waals surface area contributed by atoms with Gasteiger partial charge in [-0.2, -0.15) is 0 Å². The number of carbonyl (C=O) groups excluding carboxylic acids is 1. The first kappa shape index (κ1) is 9.97. The minimum Gasteiger partial charge on any atom is -0.369 e. The minimum absolute atomic E-state index is 0.0787. The normalized spacial score (nSPS) is 11.1. The molecule has 2 heterocycles. The maximum Gasteiger partial charge on any atom is 0.275 e. The van der Waals surface area contributed by atoms with Crippen LogP contribution in [0.25, 0.3) is 10.9 Å². The highest BCUT2D eigenvalue weighted by molar-refractivity contribution is 7.11. The number of amides is 1. The lowest BCUT2D eigenvalue weighted by Crippen LogP contribution is -2.18. The molecule has 80 valence electrons. The van der Waals surface area contributed by atoms with Crippen LogP contribution >= 0.6 is 11.3 Å². The van der Waals surface area contributed by atoms with Crippen molar-refractivity contribution in [1.82, 2.24) is 9.36 Å². The Morgan fingerprint density at radius 1 is 1.47 bits per heavy atom. The minimum atomic E-state index is -0.412. The molecule has 0 atom stereocenters. The maximum atomic E-state index is 11.8. The van der Waals surface area contributed by atoms with Crippen molar-refractivity contribution in [2.24, 2.45) is 19.8 Å². The van der Waals surface area contributed by atoms with E-state index in [1.807, 2.05) is 12.4 Å². The van der Waals surface area contributed by atoms with E-state index in [0.29, 0.717) is 5.39 Å². The topological polar surface area (TPSA) is 70.0 Å². The van der Waals surface area contributed by atoms with Crippen molar-refractivity contribution in [1.29, 1.82) is 0 Å². The number of carbonyl (C=O) groups is 1. The number of nitrogens with two attached hydrogens (primary N) is 1. The van der Waals surface area contributed by atoms with Crippen LogP contribution in [0.1, 0.15) is 4.88 Å². The monoisotopic (exact) mass is 225 g/mol. The zero-order chi connectivity index (χ0) is 11.2. The lowest BCUT2D eigenvalue weighted by atomic mass is 10.2. The van der Waals surface area contributed by atoms with E-state index in [1.54, 1.807) is 11.7 Å². The molecule has 2 N–H and O–H groups in total. The second-order valence-electron chi connectivity index (χ2n) is 3.41. The summed E-state index contributed by atoms with van der Waals surface area (Å²) < 4.78 is 3.28. The molecule has 0 spiro atoms. The average Bonchev–Trinajstić information content (AvgIpc) is 2.64. The Balaban J connectivity index is 2.74. The highest BCUT2D eigenvalue weighted by Gasteiger charge is 2.15. The van der Waals surface area contributed by atoms with Gasteiger partial charge in [0.25, 0.3) is 5.56 Å². The van der Waals surface area contributed by atoms with E-state index >= 15 is 0 Å². The number of nitrogens with zero attached hydrogens (tertiary/aromatic N) is 2. The Bertz CT molecular complexity index is 590. The smallest absolute Gasteiger partial charge is 0.275 e. The van der Waals surface area contributed by atoms with Crippen molar-refractivity contribution in [2.45, 2.75) is 6.42 Å². The molecule has 15 heavy (non-hydrogen) atoms. The Hall–Kier alpha value is -1.56. The predicted octanol–water partition coefficient (Wildman–Crippen LogP) is -0.0337. The van der Waals surface area contributed by atoms with Gasteiger partial charge in [-0.1, -0.05) is 0 Å². The van der Waals surface area contributed by atoms with Gasteiger partial charge in [0.1, 0.15) is 0 Å². The standard InChI is InChI=1S/C9H11N3O2S/c1-11-5-4-15-6(3-7(10)13)8(5)9(14)12(11)2/h4H,3H2,1-2H3,(H2,10,13). The number of fused-ring (bicyclic) bond motifs is 1. The highest BCUT2D eigenvalue weighted by Crippen LogP contribution is 2.23. The fourth-order valence-electron chi connectivity index (χ4n) is 1.60. The van der Waals surface area contributed by atoms with Crippen LogP contribution < -0.4 is 11.3 Å². The van der Waals surface area contributed by atoms with Crippen molar-refractivity contribution < 1.29 is 4.79 Å². The Kier molecular flexibility index (Phi) is 2.15. The lowest BCUT2D eigenvalue weighted by molar-refractivity contribution is -0.117. The Labute approximate surface area is 89.7 Å². The number of primary amides is 1. The van der Waals surface area contributed by atoms with Crippen molar-refractivity contribution >= 4 is 28.1 Å². The van der Waals surface area contributed by atoms with Gasteiger partial charge in [0.15, 0.2) is 0 Å². The summed E-state index contributed by atoms with van der Waals surface area (Å²) in [5.41, 5.74) is 5.89. The molecule has 0 bridgehead atoms. The summed E-state index contributed by atoms with van der Waals surface area (Å²) >= 11 is 1.40. The molecule has 5 nitrogen and oxygen atoms in total. The summed E-state index contributed by atoms with van der Waals surface area (Å²) in [5.74, 6) is -0.412. The van der Waals surface area contributed by atoms with E-state index in [2.05, 4.69) is 0 Å². The third-order valence-electron chi connectivity index (χ3n) is 2.49. The zero-order valence-corrected chi connectivity index (χ0v) is 9.30. The number of thiophene rings is 1. The van der Waals surface area contributed by atoms with E-state index in [9.17, 15) is 9.59 Å². The van der Waals surface area contributed by atoms with Crippen LogP contribution in [-0.2, 0) is 25.3 Å². The quantitative estimate of drug-likeness (QED) is 0.779. The summed E-state index contributed by atoms with van der Waals surface area (Å²) in [4.78, 5) is 23.4. The molecule has 0 saturated carbocycles. The molecule has 0 saturated heterocycles. The predicted molar refractivity (Wildman–Crippen MR) is 58.9 cm³/mol. The van der Waals surface area contributed by atoms with Gasteiger partial charge in [-0.25, -0.2) is 0 Å². The molecule has 0 aromatic carbocycles. The van der Waals surface area contributed by atoms with Gasteiger partial charge in [0.05, 0.1) is 17.3 Å². The summed E-state index contributed by atoms with van der Waals surface area (Å²) in [5, 5.41) is 2.48. The van der Waals surface area contributed by atoms with Gasteiger partial charge < -0.3 is 5.73 Å². The van der Waals surface area contributed by atoms with Crippen LogP contribution in [0, 0.1) is 0 Å². The number of hydrogen-bond donors (Lipinski definition) is 1. The summed E-state index contributed by atoms with van der Waals surface area (Å²) in [6, 6.07) is 0. The van der Waals surface area contributed by atoms with Crippen LogP contribution in [0.15, 0.2) is 10.2 Å². The SMILES string of the molecule is Cn1c(=O)c2c(CC(N)=O)scc2n1C. The van der Waals surface area contributed by atoms with Gasteiger partial charge in [-0.3, -0.25) is 19.0 Å². The van der Waals surface area contributed by atoms with Gasteiger partial charge in [-0.05, 0) is 0 Å². The highest BCUT2D eigenvalue weighted by atomic mass is 32.1. The van der Waals surface area contributed by atoms with Crippen LogP contribution in [0.4, 0.5) is 0 Å². The van der Waals surface area contributed by atoms with Crippen LogP contribution in [0.5, 0.6) is 0 Å². The molecule has 2 aromatic heterocycles. The molecule has 1 amide bonds. The fraction of sp³-hybridized carbons (Fsp3) is 0.333. The number of rotatable bonds is 2. The molecule has 0 aliphatic rings. The van der Waals surface area contributed by atoms with Crippen LogP contribution in [-0.4, -0.2) is 15.3 Å². The third-order valence-corrected chi connectivity index (χ3v) is 3.46. The average molecular weight is 225 g/mol.